The lowest BCUT2D eigenvalue weighted by molar-refractivity contribution is -0.143. The lowest BCUT2D eigenvalue weighted by atomic mass is 9.81. The first-order valence-electron chi connectivity index (χ1n) is 11.9. The minimum absolute atomic E-state index is 0.0629. The molecule has 37 heavy (non-hydrogen) atoms. The molecule has 0 unspecified atom stereocenters. The van der Waals surface area contributed by atoms with E-state index in [4.69, 9.17) is 4.74 Å². The highest BCUT2D eigenvalue weighted by Crippen LogP contribution is 2.53. The van der Waals surface area contributed by atoms with Gasteiger partial charge in [-0.05, 0) is 67.1 Å². The molecule has 0 bridgehead atoms. The molecule has 1 aliphatic carbocycles. The van der Waals surface area contributed by atoms with E-state index >= 15 is 0 Å². The van der Waals surface area contributed by atoms with Crippen molar-refractivity contribution in [2.24, 2.45) is 11.8 Å². The van der Waals surface area contributed by atoms with Crippen molar-refractivity contribution in [2.75, 3.05) is 6.54 Å². The first-order chi connectivity index (χ1) is 17.2. The van der Waals surface area contributed by atoms with Crippen LogP contribution in [-0.2, 0) is 21.9 Å². The van der Waals surface area contributed by atoms with E-state index in [1.165, 1.54) is 19.1 Å². The molecule has 11 heteroatoms. The number of rotatable bonds is 4. The van der Waals surface area contributed by atoms with Gasteiger partial charge in [0.05, 0.1) is 29.4 Å². The maximum Gasteiger partial charge on any atom is 0.416 e. The third-order valence-electron chi connectivity index (χ3n) is 7.84. The number of aliphatic hydroxyl groups excluding tert-OH is 1. The molecule has 0 spiro atoms. The van der Waals surface area contributed by atoms with Gasteiger partial charge in [-0.3, -0.25) is 4.79 Å². The van der Waals surface area contributed by atoms with E-state index in [1.54, 1.807) is 17.0 Å². The van der Waals surface area contributed by atoms with Gasteiger partial charge in [-0.1, -0.05) is 12.1 Å². The van der Waals surface area contributed by atoms with Crippen LogP contribution in [0.15, 0.2) is 42.5 Å². The Morgan fingerprint density at radius 2 is 1.57 bits per heavy atom. The largest absolute Gasteiger partial charge is 0.416 e. The molecule has 7 atom stereocenters. The van der Waals surface area contributed by atoms with Crippen LogP contribution >= 0.6 is 0 Å². The molecule has 200 valence electrons. The number of nitrogens with zero attached hydrogens (tertiary/aromatic N) is 1. The Hall–Kier alpha value is -2.66. The summed E-state index contributed by atoms with van der Waals surface area (Å²) < 4.78 is 100.0. The summed E-state index contributed by atoms with van der Waals surface area (Å²) in [4.78, 5) is 14.7. The second-order valence-electron chi connectivity index (χ2n) is 10.1. The number of hydrogen-bond acceptors (Lipinski definition) is 3. The summed E-state index contributed by atoms with van der Waals surface area (Å²) in [5.74, 6) is -1.69. The fraction of sp³-hybridized carbons (Fsp3) is 0.500. The van der Waals surface area contributed by atoms with Crippen molar-refractivity contribution in [1.82, 2.24) is 4.90 Å². The van der Waals surface area contributed by atoms with Crippen LogP contribution < -0.4 is 0 Å². The summed E-state index contributed by atoms with van der Waals surface area (Å²) in [6.45, 7) is 1.45. The number of ether oxygens (including phenoxy) is 1. The summed E-state index contributed by atoms with van der Waals surface area (Å²) in [7, 11) is 0. The van der Waals surface area contributed by atoms with Crippen LogP contribution in [0.4, 0.5) is 30.7 Å². The Morgan fingerprint density at radius 3 is 2.14 bits per heavy atom. The smallest absolute Gasteiger partial charge is 0.393 e. The maximum absolute atomic E-state index is 13.7. The van der Waals surface area contributed by atoms with Crippen LogP contribution in [0.5, 0.6) is 0 Å². The zero-order valence-electron chi connectivity index (χ0n) is 19.6. The van der Waals surface area contributed by atoms with Crippen LogP contribution in [0.2, 0.25) is 0 Å². The van der Waals surface area contributed by atoms with E-state index in [-0.39, 0.29) is 42.0 Å². The number of halogens is 7. The predicted molar refractivity (Wildman–Crippen MR) is 117 cm³/mol. The Labute approximate surface area is 208 Å². The average Bonchev–Trinajstić information content (AvgIpc) is 3.44. The number of aliphatic hydroxyl groups is 1. The van der Waals surface area contributed by atoms with Gasteiger partial charge < -0.3 is 14.7 Å². The summed E-state index contributed by atoms with van der Waals surface area (Å²) in [6.07, 6.45) is -11.8. The number of amides is 1. The fourth-order valence-electron chi connectivity index (χ4n) is 6.27. The van der Waals surface area contributed by atoms with Gasteiger partial charge in [-0.25, -0.2) is 4.39 Å². The molecule has 2 saturated heterocycles. The van der Waals surface area contributed by atoms with Crippen LogP contribution in [0.1, 0.15) is 54.0 Å². The Kier molecular flexibility index (Phi) is 6.30. The van der Waals surface area contributed by atoms with Crippen molar-refractivity contribution < 1.29 is 45.4 Å². The van der Waals surface area contributed by atoms with Gasteiger partial charge in [0, 0.05) is 24.4 Å². The van der Waals surface area contributed by atoms with Gasteiger partial charge in [0.2, 0.25) is 5.91 Å². The van der Waals surface area contributed by atoms with Crippen LogP contribution in [-0.4, -0.2) is 40.7 Å². The third kappa shape index (κ3) is 4.71. The molecule has 2 heterocycles. The minimum atomic E-state index is -4.99. The summed E-state index contributed by atoms with van der Waals surface area (Å²) >= 11 is 0. The van der Waals surface area contributed by atoms with Gasteiger partial charge >= 0.3 is 12.4 Å². The van der Waals surface area contributed by atoms with Crippen LogP contribution in [0, 0.1) is 17.7 Å². The summed E-state index contributed by atoms with van der Waals surface area (Å²) in [5, 5.41) is 10.2. The molecular formula is C26H24F7NO3. The van der Waals surface area contributed by atoms with E-state index in [0.717, 1.165) is 0 Å². The molecule has 2 aliphatic heterocycles. The lowest BCUT2D eigenvalue weighted by Gasteiger charge is -2.29. The Morgan fingerprint density at radius 1 is 0.973 bits per heavy atom. The van der Waals surface area contributed by atoms with E-state index < -0.39 is 53.5 Å². The number of hydrogen-bond donors (Lipinski definition) is 1. The second-order valence-corrected chi connectivity index (χ2v) is 10.1. The number of fused-ring (bicyclic) bond motifs is 3. The summed E-state index contributed by atoms with van der Waals surface area (Å²) in [5.41, 5.74) is -2.53. The monoisotopic (exact) mass is 531 g/mol. The van der Waals surface area contributed by atoms with E-state index in [0.29, 0.717) is 30.5 Å². The molecule has 4 nitrogen and oxygen atoms in total. The van der Waals surface area contributed by atoms with Crippen molar-refractivity contribution in [3.8, 4) is 0 Å². The first-order valence-corrected chi connectivity index (χ1v) is 11.9. The zero-order valence-corrected chi connectivity index (χ0v) is 19.6. The first kappa shape index (κ1) is 26.0. The van der Waals surface area contributed by atoms with Crippen LogP contribution in [0.3, 0.4) is 0 Å². The molecule has 0 radical (unpaired) electrons. The van der Waals surface area contributed by atoms with E-state index in [1.807, 2.05) is 0 Å². The van der Waals surface area contributed by atoms with E-state index in [2.05, 4.69) is 0 Å². The normalized spacial score (nSPS) is 30.5. The van der Waals surface area contributed by atoms with Gasteiger partial charge in [0.15, 0.2) is 0 Å². The topological polar surface area (TPSA) is 49.8 Å². The Bertz CT molecular complexity index is 1150. The van der Waals surface area contributed by atoms with Gasteiger partial charge in [0.25, 0.3) is 0 Å². The molecule has 1 amide bonds. The molecule has 5 rings (SSSR count). The van der Waals surface area contributed by atoms with E-state index in [9.17, 15) is 40.6 Å². The fourth-order valence-corrected chi connectivity index (χ4v) is 6.27. The third-order valence-corrected chi connectivity index (χ3v) is 7.84. The predicted octanol–water partition coefficient (Wildman–Crippen LogP) is 5.70. The van der Waals surface area contributed by atoms with Crippen molar-refractivity contribution >= 4 is 5.91 Å². The maximum atomic E-state index is 13.7. The quantitative estimate of drug-likeness (QED) is 0.515. The molecule has 1 N–H and O–H groups in total. The average molecular weight is 531 g/mol. The minimum Gasteiger partial charge on any atom is -0.393 e. The van der Waals surface area contributed by atoms with Crippen molar-refractivity contribution in [3.05, 3.63) is 70.5 Å². The second kappa shape index (κ2) is 8.97. The van der Waals surface area contributed by atoms with Gasteiger partial charge in [-0.15, -0.1) is 0 Å². The Balaban J connectivity index is 1.49. The van der Waals surface area contributed by atoms with Crippen molar-refractivity contribution in [3.63, 3.8) is 0 Å². The van der Waals surface area contributed by atoms with Gasteiger partial charge in [0.1, 0.15) is 5.82 Å². The number of carbonyl (C=O) groups is 1. The van der Waals surface area contributed by atoms with Crippen molar-refractivity contribution in [2.45, 2.75) is 62.4 Å². The van der Waals surface area contributed by atoms with Crippen LogP contribution in [0.25, 0.3) is 0 Å². The molecule has 2 aromatic rings. The molecule has 2 aromatic carbocycles. The molecule has 0 aromatic heterocycles. The summed E-state index contributed by atoms with van der Waals surface area (Å²) in [6, 6.07) is 6.53. The van der Waals surface area contributed by atoms with Gasteiger partial charge in [-0.2, -0.15) is 26.3 Å². The van der Waals surface area contributed by atoms with Crippen molar-refractivity contribution in [1.29, 1.82) is 0 Å². The number of carbonyl (C=O) groups excluding carboxylic acids is 1. The molecular weight excluding hydrogens is 507 g/mol. The zero-order chi connectivity index (χ0) is 26.9. The molecule has 3 aliphatic rings. The standard InChI is InChI=1S/C26H24F7NO3/c1-12(14-6-15(25(28,29)30)8-16(7-14)26(31,32)33)37-21-11-34-23(19-9-18(35)10-20(19)24(34)36)22(21)13-2-4-17(27)5-3-13/h2-8,12,18-23,35H,9-11H2,1H3/t12-,18-,19-,20+,21+,22-,23+/m1/s1. The lowest BCUT2D eigenvalue weighted by Crippen LogP contribution is -2.33. The highest BCUT2D eigenvalue weighted by atomic mass is 19.4. The number of alkyl halides is 6. The molecule has 3 fully saturated rings. The highest BCUT2D eigenvalue weighted by Gasteiger charge is 2.60. The number of benzene rings is 2. The molecule has 1 saturated carbocycles. The SMILES string of the molecule is C[C@@H](O[C@H]1CN2C(=O)[C@H]3C[C@H](O)C[C@H]3[C@H]2[C@@H]1c1ccc(F)cc1)c1cc(C(F)(F)F)cc(C(F)(F)F)c1. The highest BCUT2D eigenvalue weighted by molar-refractivity contribution is 5.83.